The molecule has 1 amide bonds. The summed E-state index contributed by atoms with van der Waals surface area (Å²) in [6.07, 6.45) is -2.95. The van der Waals surface area contributed by atoms with Crippen LogP contribution in [-0.2, 0) is 9.47 Å². The third-order valence-corrected chi connectivity index (χ3v) is 3.40. The normalized spacial score (nSPS) is 13.7. The van der Waals surface area contributed by atoms with Crippen LogP contribution in [0.2, 0.25) is 0 Å². The first kappa shape index (κ1) is 20.9. The molecule has 0 saturated carbocycles. The number of carbonyl (C=O) groups excluding carboxylic acids is 2. The molecule has 25 heavy (non-hydrogen) atoms. The van der Waals surface area contributed by atoms with E-state index in [1.165, 1.54) is 7.11 Å². The first-order valence-corrected chi connectivity index (χ1v) is 8.07. The molecule has 7 heteroatoms. The molecule has 0 radical (unpaired) electrons. The van der Waals surface area contributed by atoms with Crippen molar-refractivity contribution in [3.05, 3.63) is 34.9 Å². The summed E-state index contributed by atoms with van der Waals surface area (Å²) in [6, 6.07) is 4.89. The molecule has 0 fully saturated rings. The molecule has 0 saturated heterocycles. The number of ether oxygens (including phenoxy) is 2. The minimum atomic E-state index is -1.28. The molecule has 1 aromatic rings. The van der Waals surface area contributed by atoms with Crippen molar-refractivity contribution in [1.82, 2.24) is 5.32 Å². The second-order valence-electron chi connectivity index (χ2n) is 6.81. The van der Waals surface area contributed by atoms with Gasteiger partial charge in [-0.1, -0.05) is 17.7 Å². The zero-order valence-corrected chi connectivity index (χ0v) is 15.3. The highest BCUT2D eigenvalue weighted by Gasteiger charge is 2.24. The van der Waals surface area contributed by atoms with Crippen LogP contribution in [0.3, 0.4) is 0 Å². The fourth-order valence-corrected chi connectivity index (χ4v) is 2.22. The van der Waals surface area contributed by atoms with Gasteiger partial charge in [0.25, 0.3) is 0 Å². The number of carbonyl (C=O) groups is 2. The maximum Gasteiger partial charge on any atom is 0.407 e. The van der Waals surface area contributed by atoms with Crippen molar-refractivity contribution < 1.29 is 29.3 Å². The number of benzene rings is 1. The highest BCUT2D eigenvalue weighted by Crippen LogP contribution is 2.24. The quantitative estimate of drug-likeness (QED) is 0.676. The van der Waals surface area contributed by atoms with Gasteiger partial charge in [0.15, 0.2) is 0 Å². The van der Waals surface area contributed by atoms with E-state index in [1.807, 2.05) is 6.92 Å². The van der Waals surface area contributed by atoms with Crippen LogP contribution in [-0.4, -0.2) is 47.6 Å². The summed E-state index contributed by atoms with van der Waals surface area (Å²) in [7, 11) is 1.25. The Hall–Kier alpha value is -2.12. The number of aryl methyl sites for hydroxylation is 1. The number of alkyl carbamates (subject to hydrolysis) is 1. The molecule has 1 rings (SSSR count). The number of hydrogen-bond acceptors (Lipinski definition) is 6. The lowest BCUT2D eigenvalue weighted by Gasteiger charge is -2.22. The highest BCUT2D eigenvalue weighted by molar-refractivity contribution is 5.91. The highest BCUT2D eigenvalue weighted by atomic mass is 16.6. The third-order valence-electron chi connectivity index (χ3n) is 3.40. The first-order chi connectivity index (χ1) is 11.5. The van der Waals surface area contributed by atoms with E-state index in [0.717, 1.165) is 5.56 Å². The van der Waals surface area contributed by atoms with Crippen LogP contribution in [0.5, 0.6) is 0 Å². The van der Waals surface area contributed by atoms with Crippen LogP contribution in [0.25, 0.3) is 0 Å². The molecule has 140 valence electrons. The summed E-state index contributed by atoms with van der Waals surface area (Å²) in [4.78, 5) is 23.4. The van der Waals surface area contributed by atoms with Gasteiger partial charge < -0.3 is 25.0 Å². The van der Waals surface area contributed by atoms with Gasteiger partial charge in [-0.05, 0) is 45.7 Å². The average Bonchev–Trinajstić information content (AvgIpc) is 2.51. The fraction of sp³-hybridized carbons (Fsp3) is 0.556. The van der Waals surface area contributed by atoms with Gasteiger partial charge in [0.1, 0.15) is 11.7 Å². The predicted molar refractivity (Wildman–Crippen MR) is 92.3 cm³/mol. The summed E-state index contributed by atoms with van der Waals surface area (Å²) in [5.41, 5.74) is 0.705. The molecule has 0 aliphatic rings. The summed E-state index contributed by atoms with van der Waals surface area (Å²) >= 11 is 0. The molecule has 2 unspecified atom stereocenters. The van der Waals surface area contributed by atoms with Crippen LogP contribution < -0.4 is 5.32 Å². The van der Waals surface area contributed by atoms with Crippen molar-refractivity contribution in [3.8, 4) is 0 Å². The van der Waals surface area contributed by atoms with E-state index in [-0.39, 0.29) is 24.1 Å². The monoisotopic (exact) mass is 353 g/mol. The van der Waals surface area contributed by atoms with Crippen LogP contribution in [0.4, 0.5) is 4.79 Å². The van der Waals surface area contributed by atoms with Gasteiger partial charge in [0.2, 0.25) is 0 Å². The van der Waals surface area contributed by atoms with Crippen molar-refractivity contribution in [2.24, 2.45) is 0 Å². The number of nitrogens with one attached hydrogen (secondary N) is 1. The lowest BCUT2D eigenvalue weighted by atomic mass is 9.95. The van der Waals surface area contributed by atoms with Gasteiger partial charge in [-0.15, -0.1) is 0 Å². The third kappa shape index (κ3) is 6.72. The number of amides is 1. The van der Waals surface area contributed by atoms with E-state index in [4.69, 9.17) is 9.47 Å². The Labute approximate surface area is 147 Å². The van der Waals surface area contributed by atoms with Crippen molar-refractivity contribution >= 4 is 12.1 Å². The molecule has 2 atom stereocenters. The molecular weight excluding hydrogens is 326 g/mol. The van der Waals surface area contributed by atoms with E-state index in [2.05, 4.69) is 5.32 Å². The summed E-state index contributed by atoms with van der Waals surface area (Å²) in [5, 5.41) is 23.1. The zero-order valence-electron chi connectivity index (χ0n) is 15.3. The maximum atomic E-state index is 11.8. The fourth-order valence-electron chi connectivity index (χ4n) is 2.22. The Bertz CT molecular complexity index is 608. The average molecular weight is 353 g/mol. The van der Waals surface area contributed by atoms with E-state index in [1.54, 1.807) is 39.0 Å². The second kappa shape index (κ2) is 8.82. The Morgan fingerprint density at radius 1 is 1.24 bits per heavy atom. The molecule has 0 heterocycles. The minimum absolute atomic E-state index is 0.0922. The Balaban J connectivity index is 2.71. The standard InChI is InChI=1S/C18H27NO6/c1-11-6-7-12(16(22)24-5)13(10-11)15(21)14(20)8-9-19-17(23)25-18(2,3)4/h6-7,10,14-15,20-21H,8-9H2,1-5H3,(H,19,23). The molecule has 0 aliphatic carbocycles. The number of methoxy groups -OCH3 is 1. The lowest BCUT2D eigenvalue weighted by Crippen LogP contribution is -2.34. The number of hydrogen-bond donors (Lipinski definition) is 3. The number of aliphatic hydroxyl groups excluding tert-OH is 2. The molecule has 0 aromatic heterocycles. The first-order valence-electron chi connectivity index (χ1n) is 8.07. The van der Waals surface area contributed by atoms with Crippen LogP contribution >= 0.6 is 0 Å². The molecule has 0 bridgehead atoms. The number of rotatable bonds is 6. The molecule has 0 spiro atoms. The minimum Gasteiger partial charge on any atom is -0.465 e. The molecular formula is C18H27NO6. The Kier molecular flexibility index (Phi) is 7.38. The van der Waals surface area contributed by atoms with Crippen molar-refractivity contribution in [2.45, 2.75) is 51.9 Å². The predicted octanol–water partition coefficient (Wildman–Crippen LogP) is 2.09. The van der Waals surface area contributed by atoms with E-state index in [0.29, 0.717) is 0 Å². The smallest absolute Gasteiger partial charge is 0.407 e. The van der Waals surface area contributed by atoms with E-state index < -0.39 is 29.9 Å². The van der Waals surface area contributed by atoms with Gasteiger partial charge in [0.05, 0.1) is 18.8 Å². The van der Waals surface area contributed by atoms with E-state index in [9.17, 15) is 19.8 Å². The Morgan fingerprint density at radius 2 is 1.88 bits per heavy atom. The van der Waals surface area contributed by atoms with Crippen LogP contribution in [0.15, 0.2) is 18.2 Å². The summed E-state index contributed by atoms with van der Waals surface area (Å²) in [6.45, 7) is 7.17. The van der Waals surface area contributed by atoms with Crippen molar-refractivity contribution in [2.75, 3.05) is 13.7 Å². The maximum absolute atomic E-state index is 11.8. The zero-order chi connectivity index (χ0) is 19.2. The Morgan fingerprint density at radius 3 is 2.44 bits per heavy atom. The molecule has 1 aromatic carbocycles. The lowest BCUT2D eigenvalue weighted by molar-refractivity contribution is 0.0113. The molecule has 3 N–H and O–H groups in total. The van der Waals surface area contributed by atoms with Gasteiger partial charge in [-0.3, -0.25) is 0 Å². The van der Waals surface area contributed by atoms with E-state index >= 15 is 0 Å². The van der Waals surface area contributed by atoms with Gasteiger partial charge >= 0.3 is 12.1 Å². The molecule has 7 nitrogen and oxygen atoms in total. The van der Waals surface area contributed by atoms with Gasteiger partial charge in [0, 0.05) is 6.54 Å². The topological polar surface area (TPSA) is 105 Å². The largest absolute Gasteiger partial charge is 0.465 e. The molecule has 0 aliphatic heterocycles. The van der Waals surface area contributed by atoms with Crippen LogP contribution in [0.1, 0.15) is 54.8 Å². The SMILES string of the molecule is COC(=O)c1ccc(C)cc1C(O)C(O)CCNC(=O)OC(C)(C)C. The van der Waals surface area contributed by atoms with Crippen molar-refractivity contribution in [3.63, 3.8) is 0 Å². The van der Waals surface area contributed by atoms with Gasteiger partial charge in [-0.2, -0.15) is 0 Å². The van der Waals surface area contributed by atoms with Crippen LogP contribution in [0, 0.1) is 6.92 Å². The number of aliphatic hydroxyl groups is 2. The second-order valence-corrected chi connectivity index (χ2v) is 6.81. The summed E-state index contributed by atoms with van der Waals surface area (Å²) < 4.78 is 9.79. The van der Waals surface area contributed by atoms with Gasteiger partial charge in [-0.25, -0.2) is 9.59 Å². The summed E-state index contributed by atoms with van der Waals surface area (Å²) in [5.74, 6) is -0.590. The number of esters is 1. The van der Waals surface area contributed by atoms with Crippen molar-refractivity contribution in [1.29, 1.82) is 0 Å².